The fourth-order valence-electron chi connectivity index (χ4n) is 3.11. The summed E-state index contributed by atoms with van der Waals surface area (Å²) in [4.78, 5) is 30.6. The Morgan fingerprint density at radius 3 is 2.62 bits per heavy atom. The van der Waals surface area contributed by atoms with Crippen LogP contribution >= 0.6 is 11.3 Å². The Bertz CT molecular complexity index is 1100. The van der Waals surface area contributed by atoms with Crippen LogP contribution in [0.25, 0.3) is 10.2 Å². The number of aromatic nitrogens is 2. The van der Waals surface area contributed by atoms with Gasteiger partial charge in [0.2, 0.25) is 0 Å². The summed E-state index contributed by atoms with van der Waals surface area (Å²) < 4.78 is 12.7. The standard InChI is InChI=1S/C21H25N3O4S/c1-6-27-15-9-8-14(10-16(15)28-7-2)13(4)23-19(25)18-12(3)17-20(29-18)22-11-24(5)21(17)26/h8-11,13H,6-7H2,1-5H3,(H,23,25). The number of rotatable bonds is 7. The molecule has 0 saturated carbocycles. The number of thiophene rings is 1. The van der Waals surface area contributed by atoms with Gasteiger partial charge in [-0.1, -0.05) is 6.07 Å². The molecular formula is C21H25N3O4S. The van der Waals surface area contributed by atoms with Crippen LogP contribution in [-0.2, 0) is 7.05 Å². The van der Waals surface area contributed by atoms with Crippen molar-refractivity contribution in [1.82, 2.24) is 14.9 Å². The van der Waals surface area contributed by atoms with Crippen molar-refractivity contribution in [3.8, 4) is 11.5 Å². The highest BCUT2D eigenvalue weighted by atomic mass is 32.1. The van der Waals surface area contributed by atoms with E-state index < -0.39 is 0 Å². The third-order valence-corrected chi connectivity index (χ3v) is 5.83. The molecule has 3 rings (SSSR count). The topological polar surface area (TPSA) is 82.5 Å². The molecule has 1 amide bonds. The first kappa shape index (κ1) is 20.9. The van der Waals surface area contributed by atoms with Gasteiger partial charge in [0.05, 0.1) is 35.8 Å². The molecule has 154 valence electrons. The molecule has 1 atom stereocenters. The van der Waals surface area contributed by atoms with Crippen molar-refractivity contribution < 1.29 is 14.3 Å². The molecule has 2 heterocycles. The molecule has 0 aliphatic carbocycles. The number of amides is 1. The van der Waals surface area contributed by atoms with Crippen molar-refractivity contribution in [2.75, 3.05) is 13.2 Å². The van der Waals surface area contributed by atoms with E-state index in [1.54, 1.807) is 14.0 Å². The van der Waals surface area contributed by atoms with Gasteiger partial charge in [-0.15, -0.1) is 11.3 Å². The number of hydrogen-bond acceptors (Lipinski definition) is 6. The molecule has 0 radical (unpaired) electrons. The molecule has 0 saturated heterocycles. The Morgan fingerprint density at radius 1 is 1.24 bits per heavy atom. The number of benzene rings is 1. The molecule has 1 aromatic carbocycles. The maximum Gasteiger partial charge on any atom is 0.262 e. The summed E-state index contributed by atoms with van der Waals surface area (Å²) in [6.45, 7) is 8.59. The Hall–Kier alpha value is -2.87. The number of fused-ring (bicyclic) bond motifs is 1. The normalized spacial score (nSPS) is 12.0. The molecule has 0 bridgehead atoms. The Morgan fingerprint density at radius 2 is 1.93 bits per heavy atom. The monoisotopic (exact) mass is 415 g/mol. The minimum atomic E-state index is -0.252. The molecule has 0 spiro atoms. The van der Waals surface area contributed by atoms with Gasteiger partial charge >= 0.3 is 0 Å². The van der Waals surface area contributed by atoms with Crippen molar-refractivity contribution >= 4 is 27.5 Å². The lowest BCUT2D eigenvalue weighted by Crippen LogP contribution is -2.26. The van der Waals surface area contributed by atoms with Crippen LogP contribution in [0.1, 0.15) is 47.6 Å². The minimum Gasteiger partial charge on any atom is -0.490 e. The van der Waals surface area contributed by atoms with Gasteiger partial charge in [0.25, 0.3) is 11.5 Å². The van der Waals surface area contributed by atoms with Crippen LogP contribution in [0.4, 0.5) is 0 Å². The fraction of sp³-hybridized carbons (Fsp3) is 0.381. The number of hydrogen-bond donors (Lipinski definition) is 1. The zero-order valence-electron chi connectivity index (χ0n) is 17.2. The van der Waals surface area contributed by atoms with Crippen LogP contribution in [0, 0.1) is 6.92 Å². The van der Waals surface area contributed by atoms with Gasteiger partial charge in [-0.2, -0.15) is 0 Å². The summed E-state index contributed by atoms with van der Waals surface area (Å²) in [6.07, 6.45) is 1.47. The van der Waals surface area contributed by atoms with Crippen LogP contribution in [0.3, 0.4) is 0 Å². The number of carbonyl (C=O) groups excluding carboxylic acids is 1. The lowest BCUT2D eigenvalue weighted by molar-refractivity contribution is 0.0943. The Balaban J connectivity index is 1.87. The van der Waals surface area contributed by atoms with Crippen LogP contribution in [0.2, 0.25) is 0 Å². The quantitative estimate of drug-likeness (QED) is 0.638. The highest BCUT2D eigenvalue weighted by Gasteiger charge is 2.21. The molecule has 0 aliphatic rings. The zero-order chi connectivity index (χ0) is 21.1. The van der Waals surface area contributed by atoms with Crippen molar-refractivity contribution in [2.24, 2.45) is 7.05 Å². The molecular weight excluding hydrogens is 390 g/mol. The largest absolute Gasteiger partial charge is 0.490 e. The number of carbonyl (C=O) groups is 1. The van der Waals surface area contributed by atoms with E-state index in [1.807, 2.05) is 39.0 Å². The summed E-state index contributed by atoms with van der Waals surface area (Å²) in [5, 5.41) is 3.51. The van der Waals surface area contributed by atoms with Crippen molar-refractivity contribution in [2.45, 2.75) is 33.7 Å². The van der Waals surface area contributed by atoms with Crippen LogP contribution in [-0.4, -0.2) is 28.7 Å². The molecule has 3 aromatic rings. The zero-order valence-corrected chi connectivity index (χ0v) is 18.1. The number of nitrogens with zero attached hydrogens (tertiary/aromatic N) is 2. The van der Waals surface area contributed by atoms with Gasteiger partial charge in [-0.05, 0) is 51.0 Å². The first-order valence-corrected chi connectivity index (χ1v) is 10.3. The van der Waals surface area contributed by atoms with E-state index in [4.69, 9.17) is 9.47 Å². The number of aryl methyl sites for hydroxylation is 2. The average Bonchev–Trinajstić information content (AvgIpc) is 3.03. The Kier molecular flexibility index (Phi) is 6.22. The smallest absolute Gasteiger partial charge is 0.262 e. The van der Waals surface area contributed by atoms with Gasteiger partial charge in [-0.25, -0.2) is 4.98 Å². The van der Waals surface area contributed by atoms with E-state index in [-0.39, 0.29) is 17.5 Å². The summed E-state index contributed by atoms with van der Waals surface area (Å²) in [7, 11) is 1.65. The van der Waals surface area contributed by atoms with E-state index in [2.05, 4.69) is 10.3 Å². The highest BCUT2D eigenvalue weighted by molar-refractivity contribution is 7.20. The third-order valence-electron chi connectivity index (χ3n) is 4.63. The lowest BCUT2D eigenvalue weighted by atomic mass is 10.1. The molecule has 0 fully saturated rings. The second-order valence-corrected chi connectivity index (χ2v) is 7.66. The summed E-state index contributed by atoms with van der Waals surface area (Å²) in [6, 6.07) is 5.39. The molecule has 8 heteroatoms. The van der Waals surface area contributed by atoms with Crippen molar-refractivity contribution in [3.05, 3.63) is 50.9 Å². The second-order valence-electron chi connectivity index (χ2n) is 6.66. The van der Waals surface area contributed by atoms with Crippen molar-refractivity contribution in [3.63, 3.8) is 0 Å². The third kappa shape index (κ3) is 4.12. The molecule has 1 unspecified atom stereocenters. The minimum absolute atomic E-state index is 0.149. The first-order valence-electron chi connectivity index (χ1n) is 9.52. The number of nitrogens with one attached hydrogen (secondary N) is 1. The molecule has 7 nitrogen and oxygen atoms in total. The number of ether oxygens (including phenoxy) is 2. The first-order chi connectivity index (χ1) is 13.9. The second kappa shape index (κ2) is 8.65. The summed E-state index contributed by atoms with van der Waals surface area (Å²) in [5.74, 6) is 1.10. The van der Waals surface area contributed by atoms with Gasteiger partial charge in [0.15, 0.2) is 11.5 Å². The lowest BCUT2D eigenvalue weighted by Gasteiger charge is -2.17. The predicted octanol–water partition coefficient (Wildman–Crippen LogP) is 3.59. The van der Waals surface area contributed by atoms with Gasteiger partial charge in [0, 0.05) is 7.05 Å². The summed E-state index contributed by atoms with van der Waals surface area (Å²) in [5.41, 5.74) is 1.41. The molecule has 2 aromatic heterocycles. The maximum atomic E-state index is 12.9. The van der Waals surface area contributed by atoms with Crippen molar-refractivity contribution in [1.29, 1.82) is 0 Å². The summed E-state index contributed by atoms with van der Waals surface area (Å²) >= 11 is 1.23. The van der Waals surface area contributed by atoms with E-state index in [1.165, 1.54) is 22.2 Å². The average molecular weight is 416 g/mol. The highest BCUT2D eigenvalue weighted by Crippen LogP contribution is 2.31. The Labute approximate surface area is 173 Å². The van der Waals surface area contributed by atoms with E-state index in [0.717, 1.165) is 5.56 Å². The van der Waals surface area contributed by atoms with E-state index in [0.29, 0.717) is 45.4 Å². The molecule has 1 N–H and O–H groups in total. The van der Waals surface area contributed by atoms with E-state index in [9.17, 15) is 9.59 Å². The van der Waals surface area contributed by atoms with Crippen LogP contribution in [0.5, 0.6) is 11.5 Å². The van der Waals surface area contributed by atoms with Gasteiger partial charge in [-0.3, -0.25) is 9.59 Å². The van der Waals surface area contributed by atoms with Crippen LogP contribution in [0.15, 0.2) is 29.3 Å². The predicted molar refractivity (Wildman–Crippen MR) is 114 cm³/mol. The fourth-order valence-corrected chi connectivity index (χ4v) is 4.15. The van der Waals surface area contributed by atoms with Crippen LogP contribution < -0.4 is 20.3 Å². The molecule has 29 heavy (non-hydrogen) atoms. The molecule has 0 aliphatic heterocycles. The maximum absolute atomic E-state index is 12.9. The van der Waals surface area contributed by atoms with E-state index >= 15 is 0 Å². The SMILES string of the molecule is CCOc1ccc(C(C)NC(=O)c2sc3ncn(C)c(=O)c3c2C)cc1OCC. The van der Waals surface area contributed by atoms with Gasteiger partial charge in [0.1, 0.15) is 4.83 Å². The van der Waals surface area contributed by atoms with Gasteiger partial charge < -0.3 is 19.4 Å².